The van der Waals surface area contributed by atoms with E-state index >= 15 is 0 Å². The Bertz CT molecular complexity index is 1650. The molecule has 1 aromatic heterocycles. The average Bonchev–Trinajstić information content (AvgIpc) is 3.49. The average molecular weight is 569 g/mol. The number of rotatable bonds is 10. The Morgan fingerprint density at radius 2 is 1.88 bits per heavy atom. The van der Waals surface area contributed by atoms with Crippen LogP contribution in [0, 0.1) is 12.8 Å². The van der Waals surface area contributed by atoms with E-state index in [1.807, 2.05) is 55.5 Å². The van der Waals surface area contributed by atoms with Crippen LogP contribution in [0.1, 0.15) is 43.0 Å². The van der Waals surface area contributed by atoms with E-state index in [0.717, 1.165) is 27.8 Å². The highest BCUT2D eigenvalue weighted by molar-refractivity contribution is 7.22. The number of methoxy groups -OCH3 is 1. The van der Waals surface area contributed by atoms with Crippen LogP contribution in [0.2, 0.25) is 0 Å². The van der Waals surface area contributed by atoms with Gasteiger partial charge in [-0.25, -0.2) is 4.98 Å². The van der Waals surface area contributed by atoms with Gasteiger partial charge in [-0.15, -0.1) is 0 Å². The molecule has 2 heterocycles. The molecule has 4 aromatic rings. The number of carbonyl (C=O) groups excluding carboxylic acids is 2. The normalized spacial score (nSPS) is 15.5. The quantitative estimate of drug-likeness (QED) is 0.203. The minimum atomic E-state index is -0.921. The van der Waals surface area contributed by atoms with Gasteiger partial charge in [-0.05, 0) is 66.3 Å². The number of carbonyl (C=O) groups is 2. The van der Waals surface area contributed by atoms with E-state index in [1.54, 1.807) is 31.4 Å². The van der Waals surface area contributed by atoms with E-state index in [1.165, 1.54) is 22.3 Å². The van der Waals surface area contributed by atoms with Crippen molar-refractivity contribution in [2.75, 3.05) is 18.6 Å². The van der Waals surface area contributed by atoms with Gasteiger partial charge < -0.3 is 14.6 Å². The summed E-state index contributed by atoms with van der Waals surface area (Å²) in [6.45, 7) is 6.77. The first-order valence-corrected chi connectivity index (χ1v) is 14.3. The molecule has 3 aromatic carbocycles. The first kappa shape index (κ1) is 28.1. The second kappa shape index (κ2) is 12.0. The smallest absolute Gasteiger partial charge is 0.296 e. The molecule has 1 amide bonds. The monoisotopic (exact) mass is 568 g/mol. The third kappa shape index (κ3) is 5.88. The van der Waals surface area contributed by atoms with Crippen LogP contribution >= 0.6 is 11.3 Å². The van der Waals surface area contributed by atoms with Crippen LogP contribution in [0.5, 0.6) is 11.5 Å². The van der Waals surface area contributed by atoms with Crippen LogP contribution in [0.15, 0.2) is 84.1 Å². The van der Waals surface area contributed by atoms with Crippen LogP contribution in [-0.4, -0.2) is 35.5 Å². The highest BCUT2D eigenvalue weighted by Gasteiger charge is 2.45. The number of benzene rings is 3. The molecule has 8 heteroatoms. The van der Waals surface area contributed by atoms with Gasteiger partial charge in [0.1, 0.15) is 0 Å². The van der Waals surface area contributed by atoms with Crippen molar-refractivity contribution in [2.24, 2.45) is 5.92 Å². The fraction of sp³-hybridized carbons (Fsp3) is 0.242. The number of ketones is 1. The van der Waals surface area contributed by atoms with E-state index in [9.17, 15) is 14.7 Å². The summed E-state index contributed by atoms with van der Waals surface area (Å²) in [6, 6.07) is 19.6. The van der Waals surface area contributed by atoms with E-state index in [2.05, 4.69) is 13.8 Å². The Morgan fingerprint density at radius 1 is 1.10 bits per heavy atom. The summed E-state index contributed by atoms with van der Waals surface area (Å²) < 4.78 is 12.5. The zero-order chi connectivity index (χ0) is 29.1. The largest absolute Gasteiger partial charge is 0.503 e. The summed E-state index contributed by atoms with van der Waals surface area (Å²) in [6.07, 6.45) is 3.93. The molecule has 1 atom stereocenters. The predicted octanol–water partition coefficient (Wildman–Crippen LogP) is 7.22. The van der Waals surface area contributed by atoms with Crippen molar-refractivity contribution in [3.05, 3.63) is 101 Å². The number of aliphatic hydroxyl groups is 1. The fourth-order valence-corrected chi connectivity index (χ4v) is 5.79. The number of aliphatic hydroxyl groups excluding tert-OH is 1. The molecule has 1 aliphatic heterocycles. The third-order valence-electron chi connectivity index (χ3n) is 6.90. The lowest BCUT2D eigenvalue weighted by atomic mass is 9.95. The Hall–Kier alpha value is -4.43. The molecule has 41 heavy (non-hydrogen) atoms. The second-order valence-electron chi connectivity index (χ2n) is 10.4. The number of nitrogens with zero attached hydrogens (tertiary/aromatic N) is 2. The maximum absolute atomic E-state index is 13.6. The molecule has 7 nitrogen and oxygen atoms in total. The summed E-state index contributed by atoms with van der Waals surface area (Å²) in [5.41, 5.74) is 3.19. The molecular weight excluding hydrogens is 536 g/mol. The molecule has 210 valence electrons. The summed E-state index contributed by atoms with van der Waals surface area (Å²) in [7, 11) is 1.55. The maximum Gasteiger partial charge on any atom is 0.296 e. The molecule has 1 aliphatic rings. The zero-order valence-electron chi connectivity index (χ0n) is 23.5. The van der Waals surface area contributed by atoms with Crippen molar-refractivity contribution in [1.29, 1.82) is 0 Å². The molecule has 0 saturated heterocycles. The summed E-state index contributed by atoms with van der Waals surface area (Å²) in [5, 5.41) is 11.5. The van der Waals surface area contributed by atoms with Gasteiger partial charge in [-0.2, -0.15) is 0 Å². The van der Waals surface area contributed by atoms with Crippen molar-refractivity contribution in [2.45, 2.75) is 33.2 Å². The number of aryl methyl sites for hydroxylation is 1. The van der Waals surface area contributed by atoms with Crippen LogP contribution < -0.4 is 14.4 Å². The van der Waals surface area contributed by atoms with Gasteiger partial charge in [0.15, 0.2) is 28.2 Å². The standard InChI is InChI=1S/C33H32N2O5S/c1-20(2)16-17-40-26-15-12-23(19-27(26)39-4)30-29(25(36)14-11-22-8-6-5-7-9-22)31(37)32(38)35(30)33-34-24-13-10-21(3)18-28(24)41-33/h5-15,18-20,30,37H,16-17H2,1-4H3. The van der Waals surface area contributed by atoms with Gasteiger partial charge in [0.2, 0.25) is 0 Å². The van der Waals surface area contributed by atoms with Gasteiger partial charge in [-0.1, -0.05) is 73.7 Å². The third-order valence-corrected chi connectivity index (χ3v) is 7.91. The van der Waals surface area contributed by atoms with Gasteiger partial charge in [-0.3, -0.25) is 14.5 Å². The molecule has 5 rings (SSSR count). The minimum absolute atomic E-state index is 0.0202. The maximum atomic E-state index is 13.6. The lowest BCUT2D eigenvalue weighted by Gasteiger charge is -2.25. The number of fused-ring (bicyclic) bond motifs is 1. The van der Waals surface area contributed by atoms with Crippen LogP contribution in [0.25, 0.3) is 16.3 Å². The topological polar surface area (TPSA) is 89.0 Å². The molecular formula is C33H32N2O5S. The summed E-state index contributed by atoms with van der Waals surface area (Å²) in [5.74, 6) is -0.227. The highest BCUT2D eigenvalue weighted by Crippen LogP contribution is 2.45. The van der Waals surface area contributed by atoms with E-state index in [4.69, 9.17) is 14.5 Å². The Kier molecular flexibility index (Phi) is 8.21. The van der Waals surface area contributed by atoms with Gasteiger partial charge >= 0.3 is 0 Å². The number of hydrogen-bond donors (Lipinski definition) is 1. The second-order valence-corrected chi connectivity index (χ2v) is 11.4. The molecule has 0 saturated carbocycles. The van der Waals surface area contributed by atoms with Crippen molar-refractivity contribution < 1.29 is 24.2 Å². The van der Waals surface area contributed by atoms with Gasteiger partial charge in [0.05, 0.1) is 35.5 Å². The van der Waals surface area contributed by atoms with Crippen molar-refractivity contribution in [3.8, 4) is 11.5 Å². The van der Waals surface area contributed by atoms with E-state index in [0.29, 0.717) is 34.7 Å². The molecule has 1 unspecified atom stereocenters. The molecule has 0 aliphatic carbocycles. The van der Waals surface area contributed by atoms with E-state index < -0.39 is 23.5 Å². The van der Waals surface area contributed by atoms with Crippen molar-refractivity contribution in [3.63, 3.8) is 0 Å². The molecule has 1 N–H and O–H groups in total. The number of amides is 1. The van der Waals surface area contributed by atoms with E-state index in [-0.39, 0.29) is 5.57 Å². The lowest BCUT2D eigenvalue weighted by molar-refractivity contribution is -0.117. The number of thiazole rings is 1. The van der Waals surface area contributed by atoms with Crippen LogP contribution in [-0.2, 0) is 9.59 Å². The number of anilines is 1. The van der Waals surface area contributed by atoms with Crippen molar-refractivity contribution >= 4 is 44.5 Å². The number of allylic oxidation sites excluding steroid dienone is 1. The van der Waals surface area contributed by atoms with Crippen molar-refractivity contribution in [1.82, 2.24) is 4.98 Å². The summed E-state index contributed by atoms with van der Waals surface area (Å²) in [4.78, 5) is 33.3. The minimum Gasteiger partial charge on any atom is -0.503 e. The zero-order valence-corrected chi connectivity index (χ0v) is 24.3. The molecule has 0 fully saturated rings. The first-order chi connectivity index (χ1) is 19.8. The van der Waals surface area contributed by atoms with Crippen LogP contribution in [0.3, 0.4) is 0 Å². The highest BCUT2D eigenvalue weighted by atomic mass is 32.1. The van der Waals surface area contributed by atoms with Gasteiger partial charge in [0.25, 0.3) is 5.91 Å². The number of aromatic nitrogens is 1. The predicted molar refractivity (Wildman–Crippen MR) is 163 cm³/mol. The Morgan fingerprint density at radius 3 is 2.61 bits per heavy atom. The Balaban J connectivity index is 1.58. The van der Waals surface area contributed by atoms with Crippen LogP contribution in [0.4, 0.5) is 5.13 Å². The lowest BCUT2D eigenvalue weighted by Crippen LogP contribution is -2.30. The SMILES string of the molecule is COc1cc(C2C(C(=O)C=Cc3ccccc3)=C(O)C(=O)N2c2nc3ccc(C)cc3s2)ccc1OCCC(C)C. The summed E-state index contributed by atoms with van der Waals surface area (Å²) >= 11 is 1.33. The van der Waals surface area contributed by atoms with Gasteiger partial charge in [0, 0.05) is 0 Å². The number of hydrogen-bond acceptors (Lipinski definition) is 7. The molecule has 0 bridgehead atoms. The molecule has 0 radical (unpaired) electrons. The number of ether oxygens (including phenoxy) is 2. The molecule has 0 spiro atoms. The Labute approximate surface area is 243 Å². The first-order valence-electron chi connectivity index (χ1n) is 13.5. The fourth-order valence-electron chi connectivity index (χ4n) is 4.70.